The molecule has 3 aliphatic heterocycles. The Morgan fingerprint density at radius 1 is 1.07 bits per heavy atom. The molecule has 2 N–H and O–H groups in total. The van der Waals surface area contributed by atoms with Crippen molar-refractivity contribution >= 4 is 35.2 Å². The number of benzene rings is 2. The number of nitrogens with zero attached hydrogens (tertiary/aromatic N) is 2. The molecule has 3 heterocycles. The monoisotopic (exact) mass is 616 g/mol. The van der Waals surface area contributed by atoms with E-state index in [1.807, 2.05) is 60.9 Å². The van der Waals surface area contributed by atoms with E-state index in [-0.39, 0.29) is 23.8 Å². The highest BCUT2D eigenvalue weighted by molar-refractivity contribution is 7.98. The first-order valence-electron chi connectivity index (χ1n) is 16.1. The molecule has 1 spiro atoms. The normalized spacial score (nSPS) is 27.6. The molecule has 2 bridgehead atoms. The van der Waals surface area contributed by atoms with Gasteiger partial charge in [-0.2, -0.15) is 0 Å². The summed E-state index contributed by atoms with van der Waals surface area (Å²) in [5.41, 5.74) is 0.796. The van der Waals surface area contributed by atoms with E-state index in [0.717, 1.165) is 50.2 Å². The molecule has 0 aromatic heterocycles. The Morgan fingerprint density at radius 2 is 1.86 bits per heavy atom. The molecule has 44 heavy (non-hydrogen) atoms. The quantitative estimate of drug-likeness (QED) is 0.262. The second kappa shape index (κ2) is 13.5. The number of hydrogen-bond acceptors (Lipinski definition) is 6. The Morgan fingerprint density at radius 3 is 2.61 bits per heavy atom. The Hall–Kier alpha value is -3.14. The molecule has 2 saturated heterocycles. The fourth-order valence-electron chi connectivity index (χ4n) is 7.62. The Kier molecular flexibility index (Phi) is 9.45. The van der Waals surface area contributed by atoms with Crippen LogP contribution in [0.15, 0.2) is 71.6 Å². The maximum Gasteiger partial charge on any atom is 0.246 e. The van der Waals surface area contributed by atoms with E-state index in [1.165, 1.54) is 12.0 Å². The summed E-state index contributed by atoms with van der Waals surface area (Å²) in [6.45, 7) is 5.07. The summed E-state index contributed by atoms with van der Waals surface area (Å²) in [6.07, 6.45) is 11.2. The van der Waals surface area contributed by atoms with E-state index in [0.29, 0.717) is 18.7 Å². The Balaban J connectivity index is 1.22. The van der Waals surface area contributed by atoms with Crippen LogP contribution in [0.2, 0.25) is 0 Å². The number of likely N-dealkylation sites (tertiary alicyclic amines) is 1. The van der Waals surface area contributed by atoms with E-state index >= 15 is 0 Å². The number of ether oxygens (including phenoxy) is 1. The van der Waals surface area contributed by atoms with Crippen LogP contribution in [-0.2, 0) is 25.7 Å². The molecule has 3 amide bonds. The standard InChI is InChI=1S/C35H44N4O4S/c1-3-38(23-24-12-6-4-7-13-24)20-11-21-39-31(33(41)36-25-14-8-5-9-15-25)35-19-18-28(43-35)29(30(35)34(39)42)32(40)37-26-16-10-17-27(22-26)44-2/h4,6-7,10,12-13,16-19,22,25,28-31H,3,5,8-9,11,14-15,20-21,23H2,1-2H3,(H,36,41)(H,37,40)/t28-,29+,30-,31+,35+/m1/s1. The Bertz CT molecular complexity index is 1380. The largest absolute Gasteiger partial charge is 0.359 e. The Labute approximate surface area is 265 Å². The van der Waals surface area contributed by atoms with E-state index in [9.17, 15) is 14.4 Å². The molecule has 2 aromatic rings. The summed E-state index contributed by atoms with van der Waals surface area (Å²) in [6, 6.07) is 17.4. The molecule has 0 unspecified atom stereocenters. The molecule has 1 saturated carbocycles. The molecule has 5 atom stereocenters. The smallest absolute Gasteiger partial charge is 0.246 e. The van der Waals surface area contributed by atoms with Crippen LogP contribution in [0.25, 0.3) is 0 Å². The summed E-state index contributed by atoms with van der Waals surface area (Å²) in [5, 5.41) is 6.32. The fourth-order valence-corrected chi connectivity index (χ4v) is 8.08. The lowest BCUT2D eigenvalue weighted by Crippen LogP contribution is -2.56. The summed E-state index contributed by atoms with van der Waals surface area (Å²) in [5.74, 6) is -2.01. The fraction of sp³-hybridized carbons (Fsp3) is 0.514. The zero-order chi connectivity index (χ0) is 30.7. The van der Waals surface area contributed by atoms with Gasteiger partial charge in [-0.3, -0.25) is 19.3 Å². The summed E-state index contributed by atoms with van der Waals surface area (Å²) in [4.78, 5) is 47.3. The first kappa shape index (κ1) is 30.9. The maximum atomic E-state index is 14.3. The summed E-state index contributed by atoms with van der Waals surface area (Å²) < 4.78 is 6.54. The lowest BCUT2D eigenvalue weighted by atomic mass is 9.74. The lowest BCUT2D eigenvalue weighted by Gasteiger charge is -2.34. The van der Waals surface area contributed by atoms with Crippen LogP contribution in [0.5, 0.6) is 0 Å². The van der Waals surface area contributed by atoms with Gasteiger partial charge < -0.3 is 20.3 Å². The minimum absolute atomic E-state index is 0.107. The van der Waals surface area contributed by atoms with Crippen LogP contribution in [0.4, 0.5) is 5.69 Å². The average Bonchev–Trinajstić information content (AvgIpc) is 3.69. The number of amides is 3. The van der Waals surface area contributed by atoms with Crippen LogP contribution in [0.1, 0.15) is 51.0 Å². The lowest BCUT2D eigenvalue weighted by molar-refractivity contribution is -0.141. The van der Waals surface area contributed by atoms with Gasteiger partial charge in [0, 0.05) is 36.3 Å². The predicted octanol–water partition coefficient (Wildman–Crippen LogP) is 4.86. The average molecular weight is 617 g/mol. The van der Waals surface area contributed by atoms with Crippen molar-refractivity contribution in [1.82, 2.24) is 15.1 Å². The maximum absolute atomic E-state index is 14.3. The second-order valence-corrected chi connectivity index (χ2v) is 13.4. The molecular formula is C35H44N4O4S. The van der Waals surface area contributed by atoms with Crippen molar-refractivity contribution in [3.63, 3.8) is 0 Å². The van der Waals surface area contributed by atoms with Gasteiger partial charge in [-0.15, -0.1) is 11.8 Å². The van der Waals surface area contributed by atoms with Gasteiger partial charge in [0.1, 0.15) is 11.6 Å². The van der Waals surface area contributed by atoms with Crippen molar-refractivity contribution in [2.75, 3.05) is 31.2 Å². The van der Waals surface area contributed by atoms with Gasteiger partial charge in [0.15, 0.2) is 0 Å². The van der Waals surface area contributed by atoms with Crippen molar-refractivity contribution in [3.8, 4) is 0 Å². The van der Waals surface area contributed by atoms with Crippen LogP contribution in [0, 0.1) is 11.8 Å². The van der Waals surface area contributed by atoms with E-state index in [1.54, 1.807) is 16.7 Å². The zero-order valence-electron chi connectivity index (χ0n) is 25.7. The molecule has 9 heteroatoms. The number of thioether (sulfide) groups is 1. The van der Waals surface area contributed by atoms with Crippen molar-refractivity contribution in [2.24, 2.45) is 11.8 Å². The number of rotatable bonds is 12. The van der Waals surface area contributed by atoms with Gasteiger partial charge in [-0.25, -0.2) is 0 Å². The minimum Gasteiger partial charge on any atom is -0.359 e. The predicted molar refractivity (Wildman–Crippen MR) is 173 cm³/mol. The van der Waals surface area contributed by atoms with Gasteiger partial charge in [0.05, 0.1) is 17.9 Å². The topological polar surface area (TPSA) is 91.0 Å². The SMILES string of the molecule is CCN(CCCN1C(=O)[C@H]2[C@@H](C(=O)Nc3cccc(SC)c3)[C@H]3C=C[C@@]2(O3)[C@@H]1C(=O)NC1CCCCC1)Cc1ccccc1. The van der Waals surface area contributed by atoms with Crippen molar-refractivity contribution in [2.45, 2.75) is 80.7 Å². The molecule has 4 aliphatic rings. The van der Waals surface area contributed by atoms with Crippen LogP contribution < -0.4 is 10.6 Å². The molecule has 6 rings (SSSR count). The molecule has 8 nitrogen and oxygen atoms in total. The second-order valence-electron chi connectivity index (χ2n) is 12.5. The van der Waals surface area contributed by atoms with Gasteiger partial charge in [-0.1, -0.05) is 74.7 Å². The first-order valence-corrected chi connectivity index (χ1v) is 17.3. The number of hydrogen-bond donors (Lipinski definition) is 2. The van der Waals surface area contributed by atoms with Gasteiger partial charge >= 0.3 is 0 Å². The minimum atomic E-state index is -1.14. The molecule has 2 aromatic carbocycles. The molecule has 234 valence electrons. The van der Waals surface area contributed by atoms with Gasteiger partial charge in [-0.05, 0) is 55.8 Å². The van der Waals surface area contributed by atoms with Gasteiger partial charge in [0.2, 0.25) is 17.7 Å². The van der Waals surface area contributed by atoms with Crippen LogP contribution in [-0.4, -0.2) is 77.2 Å². The van der Waals surface area contributed by atoms with Crippen LogP contribution >= 0.6 is 11.8 Å². The van der Waals surface area contributed by atoms with Crippen molar-refractivity contribution in [1.29, 1.82) is 0 Å². The van der Waals surface area contributed by atoms with Crippen molar-refractivity contribution < 1.29 is 19.1 Å². The number of nitrogens with one attached hydrogen (secondary N) is 2. The van der Waals surface area contributed by atoms with E-state index in [2.05, 4.69) is 34.6 Å². The van der Waals surface area contributed by atoms with Gasteiger partial charge in [0.25, 0.3) is 0 Å². The molecule has 1 aliphatic carbocycles. The van der Waals surface area contributed by atoms with Crippen LogP contribution in [0.3, 0.4) is 0 Å². The third kappa shape index (κ3) is 6.06. The number of carbonyl (C=O) groups is 3. The third-order valence-electron chi connectivity index (χ3n) is 9.78. The number of carbonyl (C=O) groups excluding carboxylic acids is 3. The zero-order valence-corrected chi connectivity index (χ0v) is 26.6. The highest BCUT2D eigenvalue weighted by Crippen LogP contribution is 2.55. The summed E-state index contributed by atoms with van der Waals surface area (Å²) >= 11 is 1.60. The number of fused-ring (bicyclic) bond motifs is 1. The first-order chi connectivity index (χ1) is 21.4. The van der Waals surface area contributed by atoms with E-state index < -0.39 is 29.6 Å². The third-order valence-corrected chi connectivity index (χ3v) is 10.5. The molecular weight excluding hydrogens is 572 g/mol. The number of anilines is 1. The highest BCUT2D eigenvalue weighted by Gasteiger charge is 2.72. The summed E-state index contributed by atoms with van der Waals surface area (Å²) in [7, 11) is 0. The molecule has 0 radical (unpaired) electrons. The highest BCUT2D eigenvalue weighted by atomic mass is 32.2. The van der Waals surface area contributed by atoms with E-state index in [4.69, 9.17) is 4.74 Å². The van der Waals surface area contributed by atoms with Crippen molar-refractivity contribution in [3.05, 3.63) is 72.3 Å². The molecule has 3 fully saturated rings.